The molecule has 0 atom stereocenters. The second kappa shape index (κ2) is 10.1. The molecule has 7 nitrogen and oxygen atoms in total. The third-order valence-electron chi connectivity index (χ3n) is 5.12. The van der Waals surface area contributed by atoms with Crippen molar-refractivity contribution in [3.63, 3.8) is 0 Å². The maximum Gasteiger partial charge on any atom is 0.191 e. The lowest BCUT2D eigenvalue weighted by Crippen LogP contribution is -2.39. The number of hydrogen-bond donors (Lipinski definition) is 2. The van der Waals surface area contributed by atoms with Crippen molar-refractivity contribution >= 4 is 5.96 Å². The molecule has 1 saturated heterocycles. The lowest BCUT2D eigenvalue weighted by Gasteiger charge is -2.30. The van der Waals surface area contributed by atoms with Gasteiger partial charge in [0, 0.05) is 20.1 Å². The summed E-state index contributed by atoms with van der Waals surface area (Å²) >= 11 is 0. The Labute approximate surface area is 161 Å². The Kier molecular flexibility index (Phi) is 7.21. The van der Waals surface area contributed by atoms with Crippen molar-refractivity contribution in [2.75, 3.05) is 33.2 Å². The molecule has 1 aliphatic heterocycles. The Morgan fingerprint density at radius 3 is 2.63 bits per heavy atom. The Morgan fingerprint density at radius 1 is 1.19 bits per heavy atom. The maximum atomic E-state index is 4.31. The van der Waals surface area contributed by atoms with Crippen LogP contribution < -0.4 is 10.6 Å². The molecule has 0 bridgehead atoms. The minimum absolute atomic E-state index is 0.737. The van der Waals surface area contributed by atoms with E-state index in [0.29, 0.717) is 0 Å². The third-order valence-corrected chi connectivity index (χ3v) is 5.12. The van der Waals surface area contributed by atoms with Gasteiger partial charge in [0.1, 0.15) is 12.7 Å². The maximum absolute atomic E-state index is 4.31. The van der Waals surface area contributed by atoms with Gasteiger partial charge >= 0.3 is 0 Å². The predicted molar refractivity (Wildman–Crippen MR) is 109 cm³/mol. The van der Waals surface area contributed by atoms with Gasteiger partial charge in [0.05, 0.1) is 5.69 Å². The highest BCUT2D eigenvalue weighted by atomic mass is 15.3. The number of aromatic nitrogens is 3. The summed E-state index contributed by atoms with van der Waals surface area (Å²) in [4.78, 5) is 10.9. The highest BCUT2D eigenvalue weighted by molar-refractivity contribution is 5.79. The molecule has 1 aliphatic rings. The number of nitrogens with one attached hydrogen (secondary N) is 2. The van der Waals surface area contributed by atoms with Gasteiger partial charge in [0.15, 0.2) is 5.96 Å². The van der Waals surface area contributed by atoms with Crippen molar-refractivity contribution in [2.24, 2.45) is 10.9 Å². The Hall–Kier alpha value is -2.41. The Morgan fingerprint density at radius 2 is 1.96 bits per heavy atom. The van der Waals surface area contributed by atoms with E-state index in [9.17, 15) is 0 Å². The minimum atomic E-state index is 0.737. The molecule has 1 fully saturated rings. The van der Waals surface area contributed by atoms with Crippen molar-refractivity contribution in [3.8, 4) is 5.69 Å². The van der Waals surface area contributed by atoms with Crippen LogP contribution in [-0.4, -0.2) is 58.9 Å². The van der Waals surface area contributed by atoms with E-state index in [1.165, 1.54) is 44.4 Å². The van der Waals surface area contributed by atoms with Crippen LogP contribution in [0.3, 0.4) is 0 Å². The SMILES string of the molecule is CN=C(NCCCN1CCC(C)CC1)NCc1ccc(-n2cncn2)cc1. The van der Waals surface area contributed by atoms with E-state index in [1.807, 2.05) is 19.2 Å². The molecule has 27 heavy (non-hydrogen) atoms. The molecule has 7 heteroatoms. The molecule has 1 aromatic carbocycles. The van der Waals surface area contributed by atoms with Gasteiger partial charge in [-0.3, -0.25) is 4.99 Å². The summed E-state index contributed by atoms with van der Waals surface area (Å²) in [5, 5.41) is 10.9. The first-order valence-corrected chi connectivity index (χ1v) is 9.85. The summed E-state index contributed by atoms with van der Waals surface area (Å²) in [5.74, 6) is 1.75. The highest BCUT2D eigenvalue weighted by Gasteiger charge is 2.14. The zero-order chi connectivity index (χ0) is 18.9. The molecule has 2 N–H and O–H groups in total. The van der Waals surface area contributed by atoms with Gasteiger partial charge < -0.3 is 15.5 Å². The summed E-state index contributed by atoms with van der Waals surface area (Å²) in [6, 6.07) is 8.27. The van der Waals surface area contributed by atoms with Crippen molar-refractivity contribution in [3.05, 3.63) is 42.5 Å². The van der Waals surface area contributed by atoms with E-state index in [1.54, 1.807) is 11.0 Å². The number of aliphatic imine (C=N–C) groups is 1. The smallest absolute Gasteiger partial charge is 0.191 e. The fourth-order valence-electron chi connectivity index (χ4n) is 3.31. The number of nitrogens with zero attached hydrogens (tertiary/aromatic N) is 5. The van der Waals surface area contributed by atoms with E-state index < -0.39 is 0 Å². The average Bonchev–Trinajstić information content (AvgIpc) is 3.24. The highest BCUT2D eigenvalue weighted by Crippen LogP contribution is 2.15. The summed E-state index contributed by atoms with van der Waals surface area (Å²) in [7, 11) is 1.81. The molecule has 146 valence electrons. The van der Waals surface area contributed by atoms with Crippen LogP contribution in [0.1, 0.15) is 31.7 Å². The van der Waals surface area contributed by atoms with Crippen molar-refractivity contribution < 1.29 is 0 Å². The predicted octanol–water partition coefficient (Wildman–Crippen LogP) is 2.05. The lowest BCUT2D eigenvalue weighted by atomic mass is 9.99. The van der Waals surface area contributed by atoms with Gasteiger partial charge in [-0.05, 0) is 62.5 Å². The molecule has 0 aliphatic carbocycles. The molecular formula is C20H31N7. The van der Waals surface area contributed by atoms with Crippen LogP contribution in [-0.2, 0) is 6.54 Å². The fraction of sp³-hybridized carbons (Fsp3) is 0.550. The molecule has 0 spiro atoms. The summed E-state index contributed by atoms with van der Waals surface area (Å²) < 4.78 is 1.75. The third kappa shape index (κ3) is 6.06. The van der Waals surface area contributed by atoms with Crippen LogP contribution in [0.2, 0.25) is 0 Å². The van der Waals surface area contributed by atoms with E-state index in [2.05, 4.69) is 49.7 Å². The normalized spacial score (nSPS) is 16.4. The molecule has 0 radical (unpaired) electrons. The standard InChI is InChI=1S/C20H31N7/c1-17-8-12-26(13-9-17)11-3-10-23-20(21-2)24-14-18-4-6-19(7-5-18)27-16-22-15-25-27/h4-7,15-17H,3,8-14H2,1-2H3,(H2,21,23,24). The average molecular weight is 370 g/mol. The van der Waals surface area contributed by atoms with Gasteiger partial charge in [0.2, 0.25) is 0 Å². The number of benzene rings is 1. The topological polar surface area (TPSA) is 70.4 Å². The fourth-order valence-corrected chi connectivity index (χ4v) is 3.31. The van der Waals surface area contributed by atoms with Crippen LogP contribution in [0.15, 0.2) is 41.9 Å². The first-order valence-electron chi connectivity index (χ1n) is 9.85. The molecule has 1 aromatic heterocycles. The van der Waals surface area contributed by atoms with Gasteiger partial charge in [0.25, 0.3) is 0 Å². The van der Waals surface area contributed by atoms with Crippen LogP contribution >= 0.6 is 0 Å². The van der Waals surface area contributed by atoms with E-state index in [4.69, 9.17) is 0 Å². The number of piperidine rings is 1. The zero-order valence-corrected chi connectivity index (χ0v) is 16.4. The van der Waals surface area contributed by atoms with Gasteiger partial charge in [-0.15, -0.1) is 0 Å². The second-order valence-corrected chi connectivity index (χ2v) is 7.24. The first kappa shape index (κ1) is 19.4. The molecule has 2 heterocycles. The largest absolute Gasteiger partial charge is 0.356 e. The minimum Gasteiger partial charge on any atom is -0.356 e. The van der Waals surface area contributed by atoms with Crippen molar-refractivity contribution in [1.29, 1.82) is 0 Å². The van der Waals surface area contributed by atoms with Crippen molar-refractivity contribution in [2.45, 2.75) is 32.7 Å². The van der Waals surface area contributed by atoms with Gasteiger partial charge in [-0.25, -0.2) is 9.67 Å². The van der Waals surface area contributed by atoms with Gasteiger partial charge in [-0.1, -0.05) is 19.1 Å². The van der Waals surface area contributed by atoms with E-state index in [0.717, 1.165) is 37.1 Å². The van der Waals surface area contributed by atoms with Crippen LogP contribution in [0.5, 0.6) is 0 Å². The second-order valence-electron chi connectivity index (χ2n) is 7.24. The quantitative estimate of drug-likeness (QED) is 0.444. The number of likely N-dealkylation sites (tertiary alicyclic amines) is 1. The molecule has 3 rings (SSSR count). The van der Waals surface area contributed by atoms with E-state index in [-0.39, 0.29) is 0 Å². The van der Waals surface area contributed by atoms with Crippen LogP contribution in [0.4, 0.5) is 0 Å². The Balaban J connectivity index is 1.35. The summed E-state index contributed by atoms with van der Waals surface area (Å²) in [6.07, 6.45) is 7.06. The van der Waals surface area contributed by atoms with Crippen molar-refractivity contribution in [1.82, 2.24) is 30.3 Å². The lowest BCUT2D eigenvalue weighted by molar-refractivity contribution is 0.191. The zero-order valence-electron chi connectivity index (χ0n) is 16.4. The molecular weight excluding hydrogens is 338 g/mol. The molecule has 0 unspecified atom stereocenters. The first-order chi connectivity index (χ1) is 13.2. The van der Waals surface area contributed by atoms with Gasteiger partial charge in [-0.2, -0.15) is 5.10 Å². The van der Waals surface area contributed by atoms with Crippen LogP contribution in [0.25, 0.3) is 5.69 Å². The van der Waals surface area contributed by atoms with Crippen LogP contribution in [0, 0.1) is 5.92 Å². The molecule has 2 aromatic rings. The Bertz CT molecular complexity index is 686. The molecule has 0 saturated carbocycles. The number of guanidine groups is 1. The monoisotopic (exact) mass is 369 g/mol. The summed E-state index contributed by atoms with van der Waals surface area (Å²) in [5.41, 5.74) is 2.20. The number of hydrogen-bond acceptors (Lipinski definition) is 4. The summed E-state index contributed by atoms with van der Waals surface area (Å²) in [6.45, 7) is 7.70. The molecule has 0 amide bonds. The number of rotatable bonds is 7. The van der Waals surface area contributed by atoms with E-state index >= 15 is 0 Å².